The second-order valence-electron chi connectivity index (χ2n) is 8.37. The Morgan fingerprint density at radius 1 is 1.06 bits per heavy atom. The molecule has 184 valence electrons. The molecule has 0 fully saturated rings. The van der Waals surface area contributed by atoms with Gasteiger partial charge >= 0.3 is 0 Å². The molecule has 0 saturated heterocycles. The van der Waals surface area contributed by atoms with Crippen LogP contribution in [0.3, 0.4) is 0 Å². The Hall–Kier alpha value is -3.95. The second kappa shape index (κ2) is 10.8. The predicted octanol–water partition coefficient (Wildman–Crippen LogP) is 4.41. The highest BCUT2D eigenvalue weighted by molar-refractivity contribution is 6.31. The van der Waals surface area contributed by atoms with Crippen LogP contribution in [0.25, 0.3) is 10.9 Å². The third-order valence-corrected chi connectivity index (χ3v) is 6.17. The van der Waals surface area contributed by atoms with Gasteiger partial charge in [0.1, 0.15) is 18.1 Å². The maximum atomic E-state index is 13.0. The van der Waals surface area contributed by atoms with Gasteiger partial charge in [-0.3, -0.25) is 9.69 Å². The second-order valence-corrected chi connectivity index (χ2v) is 8.78. The summed E-state index contributed by atoms with van der Waals surface area (Å²) >= 11 is 6.47. The van der Waals surface area contributed by atoms with Gasteiger partial charge in [-0.2, -0.15) is 0 Å². The quantitative estimate of drug-likeness (QED) is 0.300. The molecule has 0 aliphatic heterocycles. The van der Waals surface area contributed by atoms with Crippen molar-refractivity contribution in [1.29, 1.82) is 0 Å². The summed E-state index contributed by atoms with van der Waals surface area (Å²) in [4.78, 5) is 18.1. The van der Waals surface area contributed by atoms with E-state index in [1.165, 1.54) is 0 Å². The number of tetrazole rings is 1. The molecule has 0 atom stereocenters. The molecule has 36 heavy (non-hydrogen) atoms. The molecule has 0 saturated carbocycles. The number of hydrogen-bond acceptors (Lipinski definition) is 7. The predicted molar refractivity (Wildman–Crippen MR) is 136 cm³/mol. The van der Waals surface area contributed by atoms with Gasteiger partial charge in [0.15, 0.2) is 5.82 Å². The number of rotatable bonds is 10. The standard InChI is InChI=1S/C26H25ClN6O3/c1-2-35-21-9-10-24-19(13-21)12-20(26(34)28-24)15-32(14-18-6-3-4-8-23(18)27)17-25-29-30-31-33(25)16-22-7-5-11-36-22/h3-13H,2,14-17H2,1H3,(H,28,34). The molecule has 1 N–H and O–H groups in total. The molecule has 0 aliphatic rings. The minimum absolute atomic E-state index is 0.147. The molecule has 3 heterocycles. The summed E-state index contributed by atoms with van der Waals surface area (Å²) in [5, 5.41) is 13.8. The van der Waals surface area contributed by atoms with Gasteiger partial charge in [0, 0.05) is 34.6 Å². The summed E-state index contributed by atoms with van der Waals surface area (Å²) in [6.45, 7) is 4.18. The average Bonchev–Trinajstić information content (AvgIpc) is 3.54. The summed E-state index contributed by atoms with van der Waals surface area (Å²) in [5.74, 6) is 2.15. The van der Waals surface area contributed by atoms with Gasteiger partial charge in [0.2, 0.25) is 0 Å². The molecule has 3 aromatic heterocycles. The van der Waals surface area contributed by atoms with Crippen LogP contribution in [0.2, 0.25) is 5.02 Å². The van der Waals surface area contributed by atoms with E-state index in [9.17, 15) is 4.79 Å². The Morgan fingerprint density at radius 2 is 1.92 bits per heavy atom. The first-order valence-electron chi connectivity index (χ1n) is 11.6. The van der Waals surface area contributed by atoms with Gasteiger partial charge in [-0.05, 0) is 65.4 Å². The summed E-state index contributed by atoms with van der Waals surface area (Å²) < 4.78 is 12.8. The molecule has 5 rings (SSSR count). The van der Waals surface area contributed by atoms with Gasteiger partial charge in [-0.1, -0.05) is 29.8 Å². The Balaban J connectivity index is 1.46. The van der Waals surface area contributed by atoms with Crippen LogP contribution in [0.5, 0.6) is 5.75 Å². The Labute approximate surface area is 212 Å². The number of pyridine rings is 1. The van der Waals surface area contributed by atoms with Gasteiger partial charge in [0.05, 0.1) is 19.4 Å². The van der Waals surface area contributed by atoms with Gasteiger partial charge < -0.3 is 14.1 Å². The monoisotopic (exact) mass is 504 g/mol. The number of nitrogens with one attached hydrogen (secondary N) is 1. The minimum atomic E-state index is -0.147. The molecule has 0 unspecified atom stereocenters. The van der Waals surface area contributed by atoms with E-state index in [2.05, 4.69) is 25.4 Å². The molecule has 0 bridgehead atoms. The fourth-order valence-corrected chi connectivity index (χ4v) is 4.28. The zero-order valence-electron chi connectivity index (χ0n) is 19.7. The summed E-state index contributed by atoms with van der Waals surface area (Å²) in [5.41, 5.74) is 2.17. The van der Waals surface area contributed by atoms with Crippen LogP contribution in [-0.4, -0.2) is 36.7 Å². The van der Waals surface area contributed by atoms with E-state index in [0.29, 0.717) is 49.2 Å². The molecule has 2 aromatic carbocycles. The number of fused-ring (bicyclic) bond motifs is 1. The van der Waals surface area contributed by atoms with Crippen molar-refractivity contribution < 1.29 is 9.15 Å². The highest BCUT2D eigenvalue weighted by Gasteiger charge is 2.17. The van der Waals surface area contributed by atoms with Crippen LogP contribution < -0.4 is 10.3 Å². The van der Waals surface area contributed by atoms with Gasteiger partial charge in [-0.25, -0.2) is 4.68 Å². The third-order valence-electron chi connectivity index (χ3n) is 5.81. The fraction of sp³-hybridized carbons (Fsp3) is 0.231. The first-order valence-corrected chi connectivity index (χ1v) is 12.0. The van der Waals surface area contributed by atoms with Crippen molar-refractivity contribution in [2.24, 2.45) is 0 Å². The first kappa shape index (κ1) is 23.8. The van der Waals surface area contributed by atoms with Crippen molar-refractivity contribution in [2.75, 3.05) is 6.61 Å². The summed E-state index contributed by atoms with van der Waals surface area (Å²) in [6, 6.07) is 18.9. The maximum absolute atomic E-state index is 13.0. The van der Waals surface area contributed by atoms with Crippen molar-refractivity contribution in [3.63, 3.8) is 0 Å². The number of furan rings is 1. The highest BCUT2D eigenvalue weighted by Crippen LogP contribution is 2.22. The number of ether oxygens (including phenoxy) is 1. The van der Waals surface area contributed by atoms with E-state index in [4.69, 9.17) is 20.8 Å². The lowest BCUT2D eigenvalue weighted by molar-refractivity contribution is 0.235. The number of nitrogens with zero attached hydrogens (tertiary/aromatic N) is 5. The first-order chi connectivity index (χ1) is 17.6. The van der Waals surface area contributed by atoms with Crippen LogP contribution in [0.15, 0.2) is 76.1 Å². The summed E-state index contributed by atoms with van der Waals surface area (Å²) in [6.07, 6.45) is 1.62. The highest BCUT2D eigenvalue weighted by atomic mass is 35.5. The Morgan fingerprint density at radius 3 is 2.72 bits per heavy atom. The van der Waals surface area contributed by atoms with Crippen LogP contribution in [-0.2, 0) is 26.2 Å². The lowest BCUT2D eigenvalue weighted by atomic mass is 10.1. The van der Waals surface area contributed by atoms with E-state index < -0.39 is 0 Å². The van der Waals surface area contributed by atoms with Crippen LogP contribution >= 0.6 is 11.6 Å². The molecule has 10 heteroatoms. The van der Waals surface area contributed by atoms with E-state index in [-0.39, 0.29) is 5.56 Å². The molecule has 0 aliphatic carbocycles. The molecule has 0 spiro atoms. The van der Waals surface area contributed by atoms with Crippen LogP contribution in [0.1, 0.15) is 29.6 Å². The van der Waals surface area contributed by atoms with Crippen molar-refractivity contribution in [2.45, 2.75) is 33.1 Å². The minimum Gasteiger partial charge on any atom is -0.494 e. The zero-order chi connectivity index (χ0) is 24.9. The molecule has 0 radical (unpaired) electrons. The Bertz CT molecular complexity index is 1510. The Kier molecular flexibility index (Phi) is 7.11. The summed E-state index contributed by atoms with van der Waals surface area (Å²) in [7, 11) is 0. The van der Waals surface area contributed by atoms with Crippen molar-refractivity contribution in [3.8, 4) is 5.75 Å². The number of halogens is 1. The van der Waals surface area contributed by atoms with E-state index in [0.717, 1.165) is 28.0 Å². The smallest absolute Gasteiger partial charge is 0.252 e. The van der Waals surface area contributed by atoms with Crippen molar-refractivity contribution in [1.82, 2.24) is 30.1 Å². The van der Waals surface area contributed by atoms with Crippen LogP contribution in [0, 0.1) is 0 Å². The number of hydrogen-bond donors (Lipinski definition) is 1. The van der Waals surface area contributed by atoms with Gasteiger partial charge in [0.25, 0.3) is 5.56 Å². The number of aromatic nitrogens is 5. The maximum Gasteiger partial charge on any atom is 0.252 e. The lowest BCUT2D eigenvalue weighted by Gasteiger charge is -2.22. The number of H-pyrrole nitrogens is 1. The molecular weight excluding hydrogens is 480 g/mol. The van der Waals surface area contributed by atoms with E-state index in [1.54, 1.807) is 10.9 Å². The van der Waals surface area contributed by atoms with E-state index >= 15 is 0 Å². The van der Waals surface area contributed by atoms with Gasteiger partial charge in [-0.15, -0.1) is 5.10 Å². The largest absolute Gasteiger partial charge is 0.494 e. The zero-order valence-corrected chi connectivity index (χ0v) is 20.5. The van der Waals surface area contributed by atoms with E-state index in [1.807, 2.05) is 67.6 Å². The molecule has 9 nitrogen and oxygen atoms in total. The number of benzene rings is 2. The molecule has 5 aromatic rings. The average molecular weight is 505 g/mol. The third kappa shape index (κ3) is 5.48. The fourth-order valence-electron chi connectivity index (χ4n) is 4.09. The SMILES string of the molecule is CCOc1ccc2[nH]c(=O)c(CN(Cc3ccccc3Cl)Cc3nnnn3Cc3ccco3)cc2c1. The van der Waals surface area contributed by atoms with Crippen molar-refractivity contribution in [3.05, 3.63) is 105 Å². The topological polar surface area (TPSA) is 102 Å². The molecular formula is C26H25ClN6O3. The van der Waals surface area contributed by atoms with Crippen molar-refractivity contribution >= 4 is 22.5 Å². The molecule has 0 amide bonds. The number of aromatic amines is 1. The van der Waals surface area contributed by atoms with Crippen LogP contribution in [0.4, 0.5) is 0 Å². The normalized spacial score (nSPS) is 11.4. The lowest BCUT2D eigenvalue weighted by Crippen LogP contribution is -2.28.